The normalized spacial score (nSPS) is 17.8. The molecule has 1 saturated heterocycles. The van der Waals surface area contributed by atoms with Gasteiger partial charge in [-0.3, -0.25) is 14.5 Å². The molecule has 2 aromatic carbocycles. The molecule has 4 rings (SSSR count). The molecule has 1 aromatic heterocycles. The van der Waals surface area contributed by atoms with Gasteiger partial charge in [0.15, 0.2) is 0 Å². The van der Waals surface area contributed by atoms with Gasteiger partial charge in [-0.2, -0.15) is 0 Å². The molecule has 170 valence electrons. The van der Waals surface area contributed by atoms with E-state index >= 15 is 0 Å². The zero-order valence-corrected chi connectivity index (χ0v) is 20.2. The van der Waals surface area contributed by atoms with Gasteiger partial charge in [-0.1, -0.05) is 18.2 Å². The number of thiophene rings is 1. The minimum absolute atomic E-state index is 0.0184. The molecule has 1 N–H and O–H groups in total. The Labute approximate surface area is 197 Å². The summed E-state index contributed by atoms with van der Waals surface area (Å²) in [5.74, 6) is -0.793. The minimum atomic E-state index is -0.697. The summed E-state index contributed by atoms with van der Waals surface area (Å²) >= 11 is 1.45. The van der Waals surface area contributed by atoms with E-state index in [9.17, 15) is 14.7 Å². The van der Waals surface area contributed by atoms with Gasteiger partial charge >= 0.3 is 0 Å². The van der Waals surface area contributed by atoms with Gasteiger partial charge in [-0.05, 0) is 87.0 Å². The van der Waals surface area contributed by atoms with Crippen molar-refractivity contribution in [3.8, 4) is 5.75 Å². The lowest BCUT2D eigenvalue weighted by Crippen LogP contribution is -2.29. The van der Waals surface area contributed by atoms with Crippen molar-refractivity contribution in [1.82, 2.24) is 0 Å². The van der Waals surface area contributed by atoms with Crippen molar-refractivity contribution in [3.05, 3.63) is 86.6 Å². The molecule has 1 aliphatic rings. The highest BCUT2D eigenvalue weighted by Gasteiger charge is 2.47. The van der Waals surface area contributed by atoms with Gasteiger partial charge in [0.25, 0.3) is 11.7 Å². The number of Topliss-reactive ketones (excluding diaryl/α,β-unsaturated/α-hetero) is 1. The lowest BCUT2D eigenvalue weighted by molar-refractivity contribution is -0.132. The first-order valence-electron chi connectivity index (χ1n) is 10.9. The van der Waals surface area contributed by atoms with Gasteiger partial charge in [0.2, 0.25) is 0 Å². The van der Waals surface area contributed by atoms with Crippen molar-refractivity contribution in [2.45, 2.75) is 46.8 Å². The Morgan fingerprint density at radius 3 is 2.42 bits per heavy atom. The summed E-state index contributed by atoms with van der Waals surface area (Å²) in [6.45, 7) is 9.64. The molecular weight excluding hydrogens is 434 g/mol. The summed E-state index contributed by atoms with van der Waals surface area (Å²) in [5, 5.41) is 13.2. The van der Waals surface area contributed by atoms with E-state index in [1.54, 1.807) is 18.2 Å². The molecule has 0 saturated carbocycles. The Bertz CT molecular complexity index is 1260. The monoisotopic (exact) mass is 461 g/mol. The average Bonchev–Trinajstić information content (AvgIpc) is 3.38. The summed E-state index contributed by atoms with van der Waals surface area (Å²) < 4.78 is 5.80. The molecule has 0 bridgehead atoms. The van der Waals surface area contributed by atoms with Gasteiger partial charge in [0.05, 0.1) is 11.7 Å². The van der Waals surface area contributed by atoms with Crippen LogP contribution < -0.4 is 9.64 Å². The van der Waals surface area contributed by atoms with Crippen LogP contribution in [0.2, 0.25) is 0 Å². The van der Waals surface area contributed by atoms with Crippen LogP contribution in [-0.2, 0) is 9.59 Å². The fourth-order valence-electron chi connectivity index (χ4n) is 4.11. The number of rotatable bonds is 5. The summed E-state index contributed by atoms with van der Waals surface area (Å²) in [6.07, 6.45) is 0.0184. The topological polar surface area (TPSA) is 66.8 Å². The molecular formula is C27H27NO4S. The number of ketones is 1. The summed E-state index contributed by atoms with van der Waals surface area (Å²) in [7, 11) is 0. The van der Waals surface area contributed by atoms with E-state index < -0.39 is 17.7 Å². The van der Waals surface area contributed by atoms with Crippen molar-refractivity contribution in [2.75, 3.05) is 4.90 Å². The third-order valence-corrected chi connectivity index (χ3v) is 6.62. The number of benzene rings is 2. The largest absolute Gasteiger partial charge is 0.507 e. The van der Waals surface area contributed by atoms with E-state index in [0.29, 0.717) is 17.0 Å². The molecule has 3 aromatic rings. The number of nitrogens with zero attached hydrogens (tertiary/aromatic N) is 1. The van der Waals surface area contributed by atoms with Crippen LogP contribution in [0, 0.1) is 20.8 Å². The van der Waals surface area contributed by atoms with Crippen molar-refractivity contribution >= 4 is 34.5 Å². The summed E-state index contributed by atoms with van der Waals surface area (Å²) in [5.41, 5.74) is 3.95. The Balaban J connectivity index is 1.89. The van der Waals surface area contributed by atoms with Crippen LogP contribution in [0.1, 0.15) is 47.0 Å². The first kappa shape index (κ1) is 22.8. The second kappa shape index (κ2) is 8.87. The van der Waals surface area contributed by atoms with Gasteiger partial charge in [-0.15, -0.1) is 11.3 Å². The fourth-order valence-corrected chi connectivity index (χ4v) is 4.94. The Hall–Kier alpha value is -3.38. The van der Waals surface area contributed by atoms with Crippen LogP contribution in [0.5, 0.6) is 5.75 Å². The second-order valence-corrected chi connectivity index (χ2v) is 9.60. The molecule has 1 unspecified atom stereocenters. The number of hydrogen-bond donors (Lipinski definition) is 1. The van der Waals surface area contributed by atoms with E-state index in [4.69, 9.17) is 4.74 Å². The van der Waals surface area contributed by atoms with E-state index in [0.717, 1.165) is 21.6 Å². The number of ether oxygens (including phenoxy) is 1. The van der Waals surface area contributed by atoms with Gasteiger partial charge in [0.1, 0.15) is 17.6 Å². The maximum Gasteiger partial charge on any atom is 0.300 e. The highest BCUT2D eigenvalue weighted by molar-refractivity contribution is 7.10. The molecule has 33 heavy (non-hydrogen) atoms. The molecule has 1 atom stereocenters. The number of aryl methyl sites for hydroxylation is 3. The smallest absolute Gasteiger partial charge is 0.300 e. The summed E-state index contributed by atoms with van der Waals surface area (Å²) in [4.78, 5) is 28.9. The third-order valence-electron chi connectivity index (χ3n) is 5.69. The maximum absolute atomic E-state index is 13.3. The predicted octanol–water partition coefficient (Wildman–Crippen LogP) is 6.09. The number of aliphatic hydroxyl groups excluding tert-OH is 1. The SMILES string of the molecule is Cc1ccc(C)c(N2C(=O)C(=O)/C(=C(\O)c3ccc(OC(C)C)c(C)c3)C2c2cccs2)c1. The summed E-state index contributed by atoms with van der Waals surface area (Å²) in [6, 6.07) is 14.2. The predicted molar refractivity (Wildman–Crippen MR) is 132 cm³/mol. The molecule has 1 aliphatic heterocycles. The van der Waals surface area contributed by atoms with E-state index in [1.807, 2.05) is 70.3 Å². The zero-order chi connectivity index (χ0) is 23.9. The van der Waals surface area contributed by atoms with E-state index in [1.165, 1.54) is 16.2 Å². The van der Waals surface area contributed by atoms with Gasteiger partial charge in [0, 0.05) is 16.1 Å². The number of anilines is 1. The highest BCUT2D eigenvalue weighted by atomic mass is 32.1. The Kier molecular flexibility index (Phi) is 6.13. The molecule has 0 aliphatic carbocycles. The van der Waals surface area contributed by atoms with Crippen LogP contribution in [0.25, 0.3) is 5.76 Å². The van der Waals surface area contributed by atoms with Gasteiger partial charge < -0.3 is 9.84 Å². The van der Waals surface area contributed by atoms with Crippen LogP contribution in [0.4, 0.5) is 5.69 Å². The van der Waals surface area contributed by atoms with Crippen molar-refractivity contribution in [2.24, 2.45) is 0 Å². The van der Waals surface area contributed by atoms with Crippen molar-refractivity contribution in [1.29, 1.82) is 0 Å². The van der Waals surface area contributed by atoms with E-state index in [-0.39, 0.29) is 17.4 Å². The molecule has 0 spiro atoms. The number of amides is 1. The quantitative estimate of drug-likeness (QED) is 0.284. The second-order valence-electron chi connectivity index (χ2n) is 8.62. The molecule has 0 radical (unpaired) electrons. The Morgan fingerprint density at radius 1 is 1.03 bits per heavy atom. The van der Waals surface area contributed by atoms with Gasteiger partial charge in [-0.25, -0.2) is 0 Å². The zero-order valence-electron chi connectivity index (χ0n) is 19.4. The van der Waals surface area contributed by atoms with Crippen LogP contribution >= 0.6 is 11.3 Å². The van der Waals surface area contributed by atoms with Crippen LogP contribution in [-0.4, -0.2) is 22.9 Å². The molecule has 1 amide bonds. The molecule has 5 nitrogen and oxygen atoms in total. The Morgan fingerprint density at radius 2 is 1.79 bits per heavy atom. The highest BCUT2D eigenvalue weighted by Crippen LogP contribution is 2.44. The van der Waals surface area contributed by atoms with Crippen molar-refractivity contribution in [3.63, 3.8) is 0 Å². The molecule has 1 fully saturated rings. The number of hydrogen-bond acceptors (Lipinski definition) is 5. The van der Waals surface area contributed by atoms with Crippen LogP contribution in [0.3, 0.4) is 0 Å². The average molecular weight is 462 g/mol. The first-order valence-corrected chi connectivity index (χ1v) is 11.8. The standard InChI is InChI=1S/C27H27NO4S/c1-15(2)32-21-11-10-19(14-18(21)5)25(29)23-24(22-7-6-12-33-22)28(27(31)26(23)30)20-13-16(3)8-9-17(20)4/h6-15,24,29H,1-5H3/b25-23-. The lowest BCUT2D eigenvalue weighted by atomic mass is 9.98. The number of aliphatic hydroxyl groups is 1. The van der Waals surface area contributed by atoms with Crippen molar-refractivity contribution < 1.29 is 19.4 Å². The number of carbonyl (C=O) groups is 2. The fraction of sp³-hybridized carbons (Fsp3) is 0.259. The molecule has 2 heterocycles. The minimum Gasteiger partial charge on any atom is -0.507 e. The lowest BCUT2D eigenvalue weighted by Gasteiger charge is -2.26. The third kappa shape index (κ3) is 4.18. The van der Waals surface area contributed by atoms with E-state index in [2.05, 4.69) is 0 Å². The maximum atomic E-state index is 13.3. The first-order chi connectivity index (χ1) is 15.7. The molecule has 6 heteroatoms. The van der Waals surface area contributed by atoms with Crippen LogP contribution in [0.15, 0.2) is 59.5 Å². The number of carbonyl (C=O) groups excluding carboxylic acids is 2.